The van der Waals surface area contributed by atoms with Crippen LogP contribution in [-0.4, -0.2) is 57.0 Å². The van der Waals surface area contributed by atoms with E-state index in [1.54, 1.807) is 0 Å². The highest BCUT2D eigenvalue weighted by Gasteiger charge is 2.29. The Labute approximate surface area is 182 Å². The number of likely N-dealkylation sites (tertiary alicyclic amines) is 1. The Hall–Kier alpha value is -2.80. The van der Waals surface area contributed by atoms with Crippen LogP contribution in [0.4, 0.5) is 5.69 Å². The molecule has 156 valence electrons. The quantitative estimate of drug-likeness (QED) is 0.506. The van der Waals surface area contributed by atoms with Gasteiger partial charge in [0.15, 0.2) is 5.11 Å². The molecule has 1 amide bonds. The third kappa shape index (κ3) is 4.21. The van der Waals surface area contributed by atoms with Crippen molar-refractivity contribution in [3.05, 3.63) is 42.5 Å². The molecule has 2 heterocycles. The molecule has 1 aliphatic rings. The van der Waals surface area contributed by atoms with Gasteiger partial charge in [0.05, 0.1) is 28.0 Å². The van der Waals surface area contributed by atoms with E-state index in [1.807, 2.05) is 61.2 Å². The zero-order valence-corrected chi connectivity index (χ0v) is 18.3. The van der Waals surface area contributed by atoms with Crippen LogP contribution in [0.5, 0.6) is 0 Å². The van der Waals surface area contributed by atoms with E-state index in [0.717, 1.165) is 60.2 Å². The second-order valence-corrected chi connectivity index (χ2v) is 8.03. The van der Waals surface area contributed by atoms with Crippen LogP contribution in [0.1, 0.15) is 26.7 Å². The minimum absolute atomic E-state index is 0.00670. The number of thiocarbonyl (C=S) groups is 1. The maximum Gasteiger partial charge on any atom is 0.227 e. The topological polar surface area (TPSA) is 61.4 Å². The molecule has 1 aromatic heterocycles. The number of fused-ring (bicyclic) bond motifs is 2. The van der Waals surface area contributed by atoms with E-state index in [-0.39, 0.29) is 11.8 Å². The predicted molar refractivity (Wildman–Crippen MR) is 125 cm³/mol. The first-order valence-electron chi connectivity index (χ1n) is 10.6. The number of benzene rings is 2. The minimum atomic E-state index is 0.00670. The summed E-state index contributed by atoms with van der Waals surface area (Å²) < 4.78 is 0. The van der Waals surface area contributed by atoms with Crippen LogP contribution < -0.4 is 5.32 Å². The van der Waals surface area contributed by atoms with Gasteiger partial charge in [0.2, 0.25) is 5.91 Å². The van der Waals surface area contributed by atoms with Crippen molar-refractivity contribution in [3.63, 3.8) is 0 Å². The molecule has 0 aliphatic carbocycles. The van der Waals surface area contributed by atoms with Gasteiger partial charge in [-0.3, -0.25) is 4.79 Å². The smallest absolute Gasteiger partial charge is 0.227 e. The van der Waals surface area contributed by atoms with Gasteiger partial charge in [-0.2, -0.15) is 0 Å². The van der Waals surface area contributed by atoms with E-state index in [9.17, 15) is 4.79 Å². The van der Waals surface area contributed by atoms with Crippen molar-refractivity contribution in [2.45, 2.75) is 26.7 Å². The summed E-state index contributed by atoms with van der Waals surface area (Å²) in [5.74, 6) is 0.243. The third-order valence-corrected chi connectivity index (χ3v) is 6.08. The number of carbonyl (C=O) groups is 1. The lowest BCUT2D eigenvalue weighted by Crippen LogP contribution is -2.47. The van der Waals surface area contributed by atoms with Crippen LogP contribution in [0.25, 0.3) is 22.1 Å². The summed E-state index contributed by atoms with van der Waals surface area (Å²) >= 11 is 5.67. The second kappa shape index (κ2) is 8.92. The van der Waals surface area contributed by atoms with Crippen molar-refractivity contribution < 1.29 is 4.79 Å². The summed E-state index contributed by atoms with van der Waals surface area (Å²) in [4.78, 5) is 26.2. The highest BCUT2D eigenvalue weighted by atomic mass is 32.1. The monoisotopic (exact) mass is 421 g/mol. The van der Waals surface area contributed by atoms with Crippen LogP contribution in [-0.2, 0) is 4.79 Å². The minimum Gasteiger partial charge on any atom is -0.348 e. The normalized spacial score (nSPS) is 16.6. The van der Waals surface area contributed by atoms with E-state index in [0.29, 0.717) is 11.7 Å². The van der Waals surface area contributed by atoms with Crippen LogP contribution >= 0.6 is 12.2 Å². The molecule has 6 nitrogen and oxygen atoms in total. The molecule has 4 rings (SSSR count). The van der Waals surface area contributed by atoms with Crippen LogP contribution in [0.3, 0.4) is 0 Å². The molecule has 1 saturated heterocycles. The first-order valence-corrected chi connectivity index (χ1v) is 11.0. The Bertz CT molecular complexity index is 1080. The molecular weight excluding hydrogens is 394 g/mol. The molecule has 1 aliphatic heterocycles. The average Bonchev–Trinajstić information content (AvgIpc) is 2.78. The molecule has 1 fully saturated rings. The van der Waals surface area contributed by atoms with Gasteiger partial charge < -0.3 is 15.1 Å². The summed E-state index contributed by atoms with van der Waals surface area (Å²) in [6, 6.07) is 13.8. The van der Waals surface area contributed by atoms with Crippen molar-refractivity contribution in [1.82, 2.24) is 19.8 Å². The molecule has 0 bridgehead atoms. The number of para-hydroxylation sites is 2. The van der Waals surface area contributed by atoms with E-state index in [4.69, 9.17) is 17.2 Å². The lowest BCUT2D eigenvalue weighted by atomic mass is 9.96. The standard InChI is InChI=1S/C23H27N5OS/c1-3-27(4-2)22(29)16-8-7-13-28(15-16)23(30)24-17-11-12-20-21(14-17)26-19-10-6-5-9-18(19)25-20/h5-6,9-12,14,16H,3-4,7-8,13,15H2,1-2H3,(H,24,30)/t16-/m1/s1. The molecule has 0 spiro atoms. The Balaban J connectivity index is 1.48. The molecule has 7 heteroatoms. The van der Waals surface area contributed by atoms with Crippen LogP contribution in [0.15, 0.2) is 42.5 Å². The van der Waals surface area contributed by atoms with Crippen molar-refractivity contribution in [1.29, 1.82) is 0 Å². The fourth-order valence-electron chi connectivity index (χ4n) is 4.06. The first-order chi connectivity index (χ1) is 14.6. The fraction of sp³-hybridized carbons (Fsp3) is 0.391. The molecular formula is C23H27N5OS. The fourth-order valence-corrected chi connectivity index (χ4v) is 4.34. The summed E-state index contributed by atoms with van der Waals surface area (Å²) in [6.07, 6.45) is 1.89. The predicted octanol–water partition coefficient (Wildman–Crippen LogP) is 4.06. The Morgan fingerprint density at radius 1 is 1.10 bits per heavy atom. The summed E-state index contributed by atoms with van der Waals surface area (Å²) in [6.45, 7) is 7.09. The highest BCUT2D eigenvalue weighted by Crippen LogP contribution is 2.22. The van der Waals surface area contributed by atoms with E-state index >= 15 is 0 Å². The van der Waals surface area contributed by atoms with Gasteiger partial charge in [-0.1, -0.05) is 12.1 Å². The molecule has 3 aromatic rings. The van der Waals surface area contributed by atoms with Crippen molar-refractivity contribution in [3.8, 4) is 0 Å². The van der Waals surface area contributed by atoms with Gasteiger partial charge in [-0.05, 0) is 69.2 Å². The van der Waals surface area contributed by atoms with Crippen LogP contribution in [0.2, 0.25) is 0 Å². The lowest BCUT2D eigenvalue weighted by Gasteiger charge is -2.36. The Morgan fingerprint density at radius 2 is 1.77 bits per heavy atom. The molecule has 0 radical (unpaired) electrons. The van der Waals surface area contributed by atoms with Gasteiger partial charge in [-0.15, -0.1) is 0 Å². The van der Waals surface area contributed by atoms with E-state index < -0.39 is 0 Å². The van der Waals surface area contributed by atoms with E-state index in [2.05, 4.69) is 15.2 Å². The zero-order valence-electron chi connectivity index (χ0n) is 17.5. The summed E-state index contributed by atoms with van der Waals surface area (Å²) in [5, 5.41) is 3.99. The summed E-state index contributed by atoms with van der Waals surface area (Å²) in [5.41, 5.74) is 4.33. The molecule has 1 atom stereocenters. The number of hydrogen-bond acceptors (Lipinski definition) is 4. The number of amides is 1. The maximum atomic E-state index is 12.8. The number of piperidine rings is 1. The Morgan fingerprint density at radius 3 is 2.47 bits per heavy atom. The van der Waals surface area contributed by atoms with Gasteiger partial charge >= 0.3 is 0 Å². The summed E-state index contributed by atoms with van der Waals surface area (Å²) in [7, 11) is 0. The molecule has 0 unspecified atom stereocenters. The number of rotatable bonds is 4. The molecule has 30 heavy (non-hydrogen) atoms. The number of hydrogen-bond donors (Lipinski definition) is 1. The van der Waals surface area contributed by atoms with Gasteiger partial charge in [0.1, 0.15) is 0 Å². The lowest BCUT2D eigenvalue weighted by molar-refractivity contribution is -0.136. The molecule has 0 saturated carbocycles. The van der Waals surface area contributed by atoms with Crippen molar-refractivity contribution in [2.24, 2.45) is 5.92 Å². The van der Waals surface area contributed by atoms with Crippen molar-refractivity contribution in [2.75, 3.05) is 31.5 Å². The van der Waals surface area contributed by atoms with E-state index in [1.165, 1.54) is 0 Å². The second-order valence-electron chi connectivity index (χ2n) is 7.64. The highest BCUT2D eigenvalue weighted by molar-refractivity contribution is 7.80. The number of anilines is 1. The number of nitrogens with one attached hydrogen (secondary N) is 1. The zero-order chi connectivity index (χ0) is 21.1. The average molecular weight is 422 g/mol. The van der Waals surface area contributed by atoms with Crippen molar-refractivity contribution >= 4 is 51.0 Å². The SMILES string of the molecule is CCN(CC)C(=O)[C@@H]1CCCN(C(=S)Nc2ccc3nc4ccccc4nc3c2)C1. The molecule has 1 N–H and O–H groups in total. The van der Waals surface area contributed by atoms with Gasteiger partial charge in [-0.25, -0.2) is 9.97 Å². The number of carbonyl (C=O) groups excluding carboxylic acids is 1. The van der Waals surface area contributed by atoms with Gasteiger partial charge in [0.25, 0.3) is 0 Å². The van der Waals surface area contributed by atoms with Crippen LogP contribution in [0, 0.1) is 5.92 Å². The third-order valence-electron chi connectivity index (χ3n) is 5.72. The molecule has 2 aromatic carbocycles. The Kier molecular flexibility index (Phi) is 6.08. The first kappa shape index (κ1) is 20.5. The maximum absolute atomic E-state index is 12.8. The number of aromatic nitrogens is 2. The van der Waals surface area contributed by atoms with Gasteiger partial charge in [0, 0.05) is 31.9 Å². The number of nitrogens with zero attached hydrogens (tertiary/aromatic N) is 4. The largest absolute Gasteiger partial charge is 0.348 e.